The average molecular weight is 371 g/mol. The number of amides is 5. The Labute approximate surface area is 153 Å². The minimum atomic E-state index is -1.12. The molecule has 1 saturated heterocycles. The second-order valence-electron chi connectivity index (χ2n) is 5.57. The van der Waals surface area contributed by atoms with E-state index in [2.05, 4.69) is 5.32 Å². The fourth-order valence-electron chi connectivity index (χ4n) is 2.51. The summed E-state index contributed by atoms with van der Waals surface area (Å²) < 4.78 is 18.2. The van der Waals surface area contributed by atoms with Gasteiger partial charge in [-0.05, 0) is 42.5 Å². The summed E-state index contributed by atoms with van der Waals surface area (Å²) in [5.74, 6) is -2.97. The molecule has 1 heterocycles. The lowest BCUT2D eigenvalue weighted by atomic mass is 10.3. The monoisotopic (exact) mass is 371 g/mol. The van der Waals surface area contributed by atoms with Crippen LogP contribution in [0, 0.1) is 5.82 Å². The van der Waals surface area contributed by atoms with E-state index in [0.29, 0.717) is 15.5 Å². The van der Waals surface area contributed by atoms with E-state index in [9.17, 15) is 23.6 Å². The summed E-state index contributed by atoms with van der Waals surface area (Å²) in [6.07, 6.45) is 0. The van der Waals surface area contributed by atoms with Crippen LogP contribution in [-0.4, -0.2) is 42.3 Å². The number of anilines is 2. The zero-order valence-electron chi connectivity index (χ0n) is 14.1. The molecule has 8 nitrogen and oxygen atoms in total. The van der Waals surface area contributed by atoms with E-state index in [-0.39, 0.29) is 11.4 Å². The first kappa shape index (κ1) is 18.1. The van der Waals surface area contributed by atoms with Crippen LogP contribution in [0.2, 0.25) is 0 Å². The van der Waals surface area contributed by atoms with Crippen molar-refractivity contribution in [2.75, 3.05) is 23.9 Å². The lowest BCUT2D eigenvalue weighted by molar-refractivity contribution is -0.140. The molecule has 5 amide bonds. The molecule has 9 heteroatoms. The molecule has 0 radical (unpaired) electrons. The number of imide groups is 2. The van der Waals surface area contributed by atoms with Gasteiger partial charge in [0.1, 0.15) is 18.1 Å². The predicted octanol–water partition coefficient (Wildman–Crippen LogP) is 1.77. The van der Waals surface area contributed by atoms with E-state index >= 15 is 0 Å². The molecule has 0 unspecified atom stereocenters. The normalized spacial score (nSPS) is 13.9. The minimum Gasteiger partial charge on any atom is -0.497 e. The first-order chi connectivity index (χ1) is 12.9. The Bertz CT molecular complexity index is 929. The smallest absolute Gasteiger partial charge is 0.339 e. The van der Waals surface area contributed by atoms with Crippen LogP contribution < -0.4 is 15.0 Å². The quantitative estimate of drug-likeness (QED) is 0.638. The third kappa shape index (κ3) is 3.61. The number of halogens is 1. The highest BCUT2D eigenvalue weighted by atomic mass is 19.1. The van der Waals surface area contributed by atoms with Gasteiger partial charge in [0.05, 0.1) is 12.8 Å². The van der Waals surface area contributed by atoms with Gasteiger partial charge in [0.25, 0.3) is 0 Å². The molecule has 1 aliphatic heterocycles. The van der Waals surface area contributed by atoms with Crippen molar-refractivity contribution in [2.45, 2.75) is 0 Å². The summed E-state index contributed by atoms with van der Waals surface area (Å²) in [5.41, 5.74) is 0.338. The number of nitrogens with one attached hydrogen (secondary N) is 1. The van der Waals surface area contributed by atoms with Crippen LogP contribution >= 0.6 is 0 Å². The van der Waals surface area contributed by atoms with Gasteiger partial charge in [0, 0.05) is 5.69 Å². The highest BCUT2D eigenvalue weighted by Crippen LogP contribution is 2.24. The summed E-state index contributed by atoms with van der Waals surface area (Å²) in [4.78, 5) is 50.0. The standard InChI is InChI=1S/C18H14FN3O5/c1-27-14-7-5-13(6-8-14)22-17(25)16(24)21(18(22)26)10-15(23)20-12-4-2-3-11(19)9-12/h2-9H,10H2,1H3,(H,20,23). The van der Waals surface area contributed by atoms with Crippen LogP contribution in [0.25, 0.3) is 0 Å². The molecule has 2 aromatic carbocycles. The van der Waals surface area contributed by atoms with E-state index in [1.54, 1.807) is 0 Å². The molecule has 0 aliphatic carbocycles. The molecule has 0 bridgehead atoms. The van der Waals surface area contributed by atoms with Crippen molar-refractivity contribution in [1.82, 2.24) is 4.90 Å². The zero-order valence-corrected chi connectivity index (χ0v) is 14.1. The molecule has 1 aliphatic rings. The van der Waals surface area contributed by atoms with Gasteiger partial charge in [-0.25, -0.2) is 19.0 Å². The summed E-state index contributed by atoms with van der Waals surface area (Å²) in [5, 5.41) is 2.36. The Balaban J connectivity index is 1.74. The molecule has 0 saturated carbocycles. The second kappa shape index (κ2) is 7.24. The number of benzene rings is 2. The molecule has 2 aromatic rings. The maximum atomic E-state index is 13.2. The highest BCUT2D eigenvalue weighted by Gasteiger charge is 2.46. The largest absolute Gasteiger partial charge is 0.497 e. The molecule has 0 atom stereocenters. The van der Waals surface area contributed by atoms with E-state index in [4.69, 9.17) is 4.74 Å². The number of hydrogen-bond donors (Lipinski definition) is 1. The van der Waals surface area contributed by atoms with Crippen molar-refractivity contribution >= 4 is 35.1 Å². The van der Waals surface area contributed by atoms with Crippen LogP contribution in [0.3, 0.4) is 0 Å². The van der Waals surface area contributed by atoms with Crippen molar-refractivity contribution in [3.8, 4) is 5.75 Å². The average Bonchev–Trinajstić information content (AvgIpc) is 2.85. The molecule has 0 aromatic heterocycles. The number of ether oxygens (including phenoxy) is 1. The molecular formula is C18H14FN3O5. The molecule has 27 heavy (non-hydrogen) atoms. The van der Waals surface area contributed by atoms with Crippen molar-refractivity contribution in [1.29, 1.82) is 0 Å². The van der Waals surface area contributed by atoms with E-state index < -0.39 is 36.1 Å². The fourth-order valence-corrected chi connectivity index (χ4v) is 2.51. The third-order valence-corrected chi connectivity index (χ3v) is 3.79. The van der Waals surface area contributed by atoms with Crippen LogP contribution in [0.4, 0.5) is 20.6 Å². The Morgan fingerprint density at radius 3 is 2.41 bits per heavy atom. The molecule has 1 fully saturated rings. The number of rotatable bonds is 5. The number of nitrogens with zero attached hydrogens (tertiary/aromatic N) is 2. The van der Waals surface area contributed by atoms with Gasteiger partial charge in [-0.1, -0.05) is 6.07 Å². The second-order valence-corrected chi connectivity index (χ2v) is 5.57. The minimum absolute atomic E-state index is 0.164. The lowest BCUT2D eigenvalue weighted by Crippen LogP contribution is -2.39. The summed E-state index contributed by atoms with van der Waals surface area (Å²) in [6, 6.07) is 10.1. The van der Waals surface area contributed by atoms with E-state index in [1.807, 2.05) is 0 Å². The van der Waals surface area contributed by atoms with Gasteiger partial charge in [0.2, 0.25) is 5.91 Å². The number of carbonyl (C=O) groups excluding carboxylic acids is 4. The fraction of sp³-hybridized carbons (Fsp3) is 0.111. The van der Waals surface area contributed by atoms with Crippen molar-refractivity contribution in [2.24, 2.45) is 0 Å². The molecule has 1 N–H and O–H groups in total. The molecule has 3 rings (SSSR count). The SMILES string of the molecule is COc1ccc(N2C(=O)C(=O)N(CC(=O)Nc3cccc(F)c3)C2=O)cc1. The Hall–Kier alpha value is -3.75. The van der Waals surface area contributed by atoms with E-state index in [0.717, 1.165) is 6.07 Å². The number of urea groups is 1. The summed E-state index contributed by atoms with van der Waals surface area (Å²) in [7, 11) is 1.46. The van der Waals surface area contributed by atoms with Crippen molar-refractivity contribution < 1.29 is 28.3 Å². The Kier molecular flexibility index (Phi) is 4.84. The van der Waals surface area contributed by atoms with Gasteiger partial charge >= 0.3 is 17.8 Å². The van der Waals surface area contributed by atoms with Crippen LogP contribution in [0.1, 0.15) is 0 Å². The van der Waals surface area contributed by atoms with Gasteiger partial charge in [-0.3, -0.25) is 14.4 Å². The molecular weight excluding hydrogens is 357 g/mol. The van der Waals surface area contributed by atoms with Crippen molar-refractivity contribution in [3.05, 3.63) is 54.3 Å². The van der Waals surface area contributed by atoms with Crippen LogP contribution in [0.5, 0.6) is 5.75 Å². The number of carbonyl (C=O) groups is 4. The first-order valence-corrected chi connectivity index (χ1v) is 7.80. The maximum Gasteiger partial charge on any atom is 0.339 e. The zero-order chi connectivity index (χ0) is 19.6. The third-order valence-electron chi connectivity index (χ3n) is 3.79. The van der Waals surface area contributed by atoms with Crippen LogP contribution in [0.15, 0.2) is 48.5 Å². The highest BCUT2D eigenvalue weighted by molar-refractivity contribution is 6.53. The maximum absolute atomic E-state index is 13.2. The number of methoxy groups -OCH3 is 1. The van der Waals surface area contributed by atoms with Crippen LogP contribution in [-0.2, 0) is 14.4 Å². The first-order valence-electron chi connectivity index (χ1n) is 7.80. The number of hydrogen-bond acceptors (Lipinski definition) is 5. The Morgan fingerprint density at radius 1 is 1.07 bits per heavy atom. The summed E-state index contributed by atoms with van der Waals surface area (Å²) in [6.45, 7) is -0.674. The summed E-state index contributed by atoms with van der Waals surface area (Å²) >= 11 is 0. The van der Waals surface area contributed by atoms with Gasteiger partial charge in [-0.2, -0.15) is 0 Å². The van der Waals surface area contributed by atoms with E-state index in [1.165, 1.54) is 49.6 Å². The Morgan fingerprint density at radius 2 is 1.78 bits per heavy atom. The molecule has 0 spiro atoms. The lowest BCUT2D eigenvalue weighted by Gasteiger charge is -2.15. The van der Waals surface area contributed by atoms with Gasteiger partial charge in [0.15, 0.2) is 0 Å². The van der Waals surface area contributed by atoms with Gasteiger partial charge in [-0.15, -0.1) is 0 Å². The van der Waals surface area contributed by atoms with Crippen molar-refractivity contribution in [3.63, 3.8) is 0 Å². The molecule has 138 valence electrons. The predicted molar refractivity (Wildman–Crippen MR) is 92.6 cm³/mol. The topological polar surface area (TPSA) is 96.0 Å². The van der Waals surface area contributed by atoms with Gasteiger partial charge < -0.3 is 10.1 Å².